The van der Waals surface area contributed by atoms with E-state index in [9.17, 15) is 4.79 Å². The van der Waals surface area contributed by atoms with Crippen LogP contribution >= 0.6 is 11.8 Å². The molecule has 2 atom stereocenters. The van der Waals surface area contributed by atoms with Crippen LogP contribution in [-0.2, 0) is 4.74 Å². The van der Waals surface area contributed by atoms with Gasteiger partial charge >= 0.3 is 6.09 Å². The van der Waals surface area contributed by atoms with Gasteiger partial charge in [-0.25, -0.2) is 4.79 Å². The molecule has 1 rings (SSSR count). The summed E-state index contributed by atoms with van der Waals surface area (Å²) in [6.45, 7) is 13.4. The summed E-state index contributed by atoms with van der Waals surface area (Å²) < 4.78 is 5.51. The predicted molar refractivity (Wildman–Crippen MR) is 86.0 cm³/mol. The Labute approximate surface area is 127 Å². The van der Waals surface area contributed by atoms with Crippen molar-refractivity contribution in [2.45, 2.75) is 58.3 Å². The zero-order chi connectivity index (χ0) is 15.6. The normalized spacial score (nSPS) is 25.1. The minimum atomic E-state index is -0.467. The third-order valence-electron chi connectivity index (χ3n) is 4.06. The standard InChI is InChI=1S/C15H30N2O2S/c1-13(2,3)19-12(18)17-10-15(6,9-16)11-7-8-20-14(11,4)5/h11H,7-10,16H2,1-6H3,(H,17,18). The van der Waals surface area contributed by atoms with Gasteiger partial charge < -0.3 is 15.8 Å². The van der Waals surface area contributed by atoms with Gasteiger partial charge in [-0.1, -0.05) is 20.8 Å². The molecule has 2 unspecified atom stereocenters. The molecular formula is C15H30N2O2S. The highest BCUT2D eigenvalue weighted by molar-refractivity contribution is 8.00. The Morgan fingerprint density at radius 1 is 1.40 bits per heavy atom. The summed E-state index contributed by atoms with van der Waals surface area (Å²) in [5.41, 5.74) is 5.46. The average molecular weight is 302 g/mol. The summed E-state index contributed by atoms with van der Waals surface area (Å²) in [6, 6.07) is 0. The number of amides is 1. The van der Waals surface area contributed by atoms with Crippen LogP contribution in [0, 0.1) is 11.3 Å². The van der Waals surface area contributed by atoms with Gasteiger partial charge in [0, 0.05) is 16.7 Å². The van der Waals surface area contributed by atoms with Crippen LogP contribution in [0.25, 0.3) is 0 Å². The molecule has 1 saturated heterocycles. The smallest absolute Gasteiger partial charge is 0.407 e. The van der Waals surface area contributed by atoms with Crippen molar-refractivity contribution in [2.75, 3.05) is 18.8 Å². The van der Waals surface area contributed by atoms with Crippen molar-refractivity contribution in [1.82, 2.24) is 5.32 Å². The molecule has 1 amide bonds. The van der Waals surface area contributed by atoms with E-state index in [2.05, 4.69) is 26.1 Å². The van der Waals surface area contributed by atoms with Gasteiger partial charge in [0.15, 0.2) is 0 Å². The van der Waals surface area contributed by atoms with E-state index >= 15 is 0 Å². The summed E-state index contributed by atoms with van der Waals surface area (Å²) in [6.07, 6.45) is 0.794. The Balaban J connectivity index is 2.64. The van der Waals surface area contributed by atoms with Crippen LogP contribution in [0.3, 0.4) is 0 Å². The molecule has 118 valence electrons. The molecule has 1 fully saturated rings. The second-order valence-corrected chi connectivity index (χ2v) is 9.26. The van der Waals surface area contributed by atoms with Crippen LogP contribution in [0.1, 0.15) is 48.0 Å². The van der Waals surface area contributed by atoms with E-state index in [0.717, 1.165) is 6.42 Å². The lowest BCUT2D eigenvalue weighted by Crippen LogP contribution is -2.50. The van der Waals surface area contributed by atoms with Crippen molar-refractivity contribution in [1.29, 1.82) is 0 Å². The zero-order valence-electron chi connectivity index (χ0n) is 13.7. The predicted octanol–water partition coefficient (Wildman–Crippen LogP) is 3.01. The molecule has 1 aliphatic heterocycles. The number of thioether (sulfide) groups is 1. The highest BCUT2D eigenvalue weighted by Crippen LogP contribution is 2.50. The van der Waals surface area contributed by atoms with E-state index in [1.165, 1.54) is 5.75 Å². The Morgan fingerprint density at radius 3 is 2.40 bits per heavy atom. The average Bonchev–Trinajstić information content (AvgIpc) is 2.64. The molecule has 20 heavy (non-hydrogen) atoms. The second-order valence-electron chi connectivity index (χ2n) is 7.51. The van der Waals surface area contributed by atoms with Crippen molar-refractivity contribution in [2.24, 2.45) is 17.1 Å². The lowest BCUT2D eigenvalue weighted by Gasteiger charge is -2.41. The molecule has 0 bridgehead atoms. The van der Waals surface area contributed by atoms with E-state index in [0.29, 0.717) is 19.0 Å². The fraction of sp³-hybridized carbons (Fsp3) is 0.933. The summed E-state index contributed by atoms with van der Waals surface area (Å²) in [7, 11) is 0. The number of carbonyl (C=O) groups excluding carboxylic acids is 1. The van der Waals surface area contributed by atoms with Gasteiger partial charge in [0.05, 0.1) is 0 Å². The second kappa shape index (κ2) is 6.14. The number of hydrogen-bond acceptors (Lipinski definition) is 4. The molecule has 1 heterocycles. The molecule has 0 aromatic rings. The third kappa shape index (κ3) is 4.55. The first-order chi connectivity index (χ1) is 9.00. The Kier molecular flexibility index (Phi) is 5.41. The number of nitrogens with two attached hydrogens (primary N) is 1. The molecule has 4 nitrogen and oxygen atoms in total. The van der Waals surface area contributed by atoms with Crippen molar-refractivity contribution in [3.05, 3.63) is 0 Å². The maximum atomic E-state index is 11.8. The highest BCUT2D eigenvalue weighted by atomic mass is 32.2. The van der Waals surface area contributed by atoms with Gasteiger partial charge in [-0.05, 0) is 45.4 Å². The molecule has 0 aromatic heterocycles. The minimum Gasteiger partial charge on any atom is -0.444 e. The van der Waals surface area contributed by atoms with E-state index in [4.69, 9.17) is 10.5 Å². The lowest BCUT2D eigenvalue weighted by atomic mass is 9.70. The first-order valence-electron chi connectivity index (χ1n) is 7.31. The zero-order valence-corrected chi connectivity index (χ0v) is 14.5. The molecule has 0 saturated carbocycles. The summed E-state index contributed by atoms with van der Waals surface area (Å²) in [5, 5.41) is 2.89. The fourth-order valence-electron chi connectivity index (χ4n) is 3.00. The molecule has 1 aliphatic rings. The van der Waals surface area contributed by atoms with Crippen molar-refractivity contribution < 1.29 is 9.53 Å². The van der Waals surface area contributed by atoms with Gasteiger partial charge in [-0.3, -0.25) is 0 Å². The molecule has 0 aromatic carbocycles. The quantitative estimate of drug-likeness (QED) is 0.838. The van der Waals surface area contributed by atoms with Crippen molar-refractivity contribution in [3.63, 3.8) is 0 Å². The van der Waals surface area contributed by atoms with Gasteiger partial charge in [0.25, 0.3) is 0 Å². The monoisotopic (exact) mass is 302 g/mol. The first-order valence-corrected chi connectivity index (χ1v) is 8.30. The molecular weight excluding hydrogens is 272 g/mol. The topological polar surface area (TPSA) is 64.3 Å². The maximum absolute atomic E-state index is 11.8. The number of alkyl carbamates (subject to hydrolysis) is 1. The SMILES string of the molecule is CC(C)(C)OC(=O)NCC(C)(CN)C1CCSC1(C)C. The van der Waals surface area contributed by atoms with Crippen LogP contribution < -0.4 is 11.1 Å². The van der Waals surface area contributed by atoms with Gasteiger partial charge in [0.2, 0.25) is 0 Å². The number of nitrogens with one attached hydrogen (secondary N) is 1. The van der Waals surface area contributed by atoms with E-state index in [1.54, 1.807) is 0 Å². The van der Waals surface area contributed by atoms with E-state index < -0.39 is 5.60 Å². The van der Waals surface area contributed by atoms with Gasteiger partial charge in [-0.2, -0.15) is 11.8 Å². The highest BCUT2D eigenvalue weighted by Gasteiger charge is 2.46. The van der Waals surface area contributed by atoms with Crippen LogP contribution in [0.15, 0.2) is 0 Å². The Morgan fingerprint density at radius 2 is 2.00 bits per heavy atom. The summed E-state index contributed by atoms with van der Waals surface area (Å²) in [4.78, 5) is 11.8. The molecule has 5 heteroatoms. The summed E-state index contributed by atoms with van der Waals surface area (Å²) in [5.74, 6) is 1.67. The minimum absolute atomic E-state index is 0.0933. The lowest BCUT2D eigenvalue weighted by molar-refractivity contribution is 0.0476. The summed E-state index contributed by atoms with van der Waals surface area (Å²) >= 11 is 1.99. The van der Waals surface area contributed by atoms with Crippen molar-refractivity contribution >= 4 is 17.9 Å². The maximum Gasteiger partial charge on any atom is 0.407 e. The number of rotatable bonds is 4. The van der Waals surface area contributed by atoms with Crippen LogP contribution in [0.5, 0.6) is 0 Å². The van der Waals surface area contributed by atoms with Gasteiger partial charge in [0.1, 0.15) is 5.60 Å². The van der Waals surface area contributed by atoms with Crippen molar-refractivity contribution in [3.8, 4) is 0 Å². The Bertz CT molecular complexity index is 352. The van der Waals surface area contributed by atoms with E-state index in [-0.39, 0.29) is 16.3 Å². The fourth-order valence-corrected chi connectivity index (χ4v) is 4.48. The number of ether oxygens (including phenoxy) is 1. The molecule has 0 aliphatic carbocycles. The largest absolute Gasteiger partial charge is 0.444 e. The first kappa shape index (κ1) is 17.6. The Hall–Kier alpha value is -0.420. The molecule has 0 radical (unpaired) electrons. The van der Waals surface area contributed by atoms with Crippen LogP contribution in [0.2, 0.25) is 0 Å². The third-order valence-corrected chi connectivity index (χ3v) is 5.53. The van der Waals surface area contributed by atoms with Gasteiger partial charge in [-0.15, -0.1) is 0 Å². The molecule has 3 N–H and O–H groups in total. The number of carbonyl (C=O) groups is 1. The molecule has 0 spiro atoms. The van der Waals surface area contributed by atoms with Crippen LogP contribution in [0.4, 0.5) is 4.79 Å². The number of hydrogen-bond donors (Lipinski definition) is 2. The van der Waals surface area contributed by atoms with E-state index in [1.807, 2.05) is 32.5 Å². The van der Waals surface area contributed by atoms with Crippen LogP contribution in [-0.4, -0.2) is 35.3 Å².